The standard InChI is InChI=1S/C15H18FN3O/c1-3-20-15-7-14(13(17)6-12(15)16)19-9-11-8-18-5-4-10(11)2/h4-8,19H,3,9,17H2,1-2H3. The van der Waals surface area contributed by atoms with Gasteiger partial charge in [0.15, 0.2) is 11.6 Å². The van der Waals surface area contributed by atoms with Gasteiger partial charge in [0.25, 0.3) is 0 Å². The number of ether oxygens (including phenoxy) is 1. The van der Waals surface area contributed by atoms with E-state index in [0.29, 0.717) is 24.5 Å². The first-order chi connectivity index (χ1) is 9.61. The van der Waals surface area contributed by atoms with Crippen molar-refractivity contribution in [2.75, 3.05) is 17.7 Å². The first-order valence-electron chi connectivity index (χ1n) is 6.47. The molecule has 0 saturated heterocycles. The number of nitrogen functional groups attached to an aromatic ring is 1. The molecule has 1 heterocycles. The molecule has 0 atom stereocenters. The van der Waals surface area contributed by atoms with Gasteiger partial charge in [0.2, 0.25) is 0 Å². The number of benzene rings is 1. The normalized spacial score (nSPS) is 10.3. The summed E-state index contributed by atoms with van der Waals surface area (Å²) in [5.41, 5.74) is 9.02. The molecule has 2 aromatic rings. The largest absolute Gasteiger partial charge is 0.491 e. The molecule has 0 amide bonds. The van der Waals surface area contributed by atoms with Gasteiger partial charge in [0, 0.05) is 31.1 Å². The van der Waals surface area contributed by atoms with Gasteiger partial charge in [0.05, 0.1) is 18.0 Å². The molecule has 3 N–H and O–H groups in total. The second kappa shape index (κ2) is 6.23. The number of aryl methyl sites for hydroxylation is 1. The number of rotatable bonds is 5. The number of nitrogens with one attached hydrogen (secondary N) is 1. The Balaban J connectivity index is 2.17. The lowest BCUT2D eigenvalue weighted by molar-refractivity contribution is 0.322. The van der Waals surface area contributed by atoms with Gasteiger partial charge in [-0.05, 0) is 31.0 Å². The molecule has 0 aliphatic heterocycles. The van der Waals surface area contributed by atoms with Crippen molar-refractivity contribution in [1.29, 1.82) is 0 Å². The molecule has 0 radical (unpaired) electrons. The minimum absolute atomic E-state index is 0.201. The fourth-order valence-electron chi connectivity index (χ4n) is 1.86. The summed E-state index contributed by atoms with van der Waals surface area (Å²) < 4.78 is 18.8. The summed E-state index contributed by atoms with van der Waals surface area (Å²) in [5, 5.41) is 3.18. The first-order valence-corrected chi connectivity index (χ1v) is 6.47. The molecule has 20 heavy (non-hydrogen) atoms. The zero-order valence-electron chi connectivity index (χ0n) is 11.6. The molecule has 1 aromatic carbocycles. The topological polar surface area (TPSA) is 60.2 Å². The maximum atomic E-state index is 13.6. The minimum Gasteiger partial charge on any atom is -0.491 e. The molecule has 5 heteroatoms. The van der Waals surface area contributed by atoms with Crippen molar-refractivity contribution in [1.82, 2.24) is 4.98 Å². The van der Waals surface area contributed by atoms with Crippen LogP contribution in [0.2, 0.25) is 0 Å². The maximum Gasteiger partial charge on any atom is 0.167 e. The minimum atomic E-state index is -0.451. The highest BCUT2D eigenvalue weighted by Crippen LogP contribution is 2.28. The molecule has 0 spiro atoms. The van der Waals surface area contributed by atoms with Crippen LogP contribution in [0.1, 0.15) is 18.1 Å². The van der Waals surface area contributed by atoms with Crippen molar-refractivity contribution in [3.8, 4) is 5.75 Å². The van der Waals surface area contributed by atoms with Gasteiger partial charge < -0.3 is 15.8 Å². The molecule has 2 rings (SSSR count). The third kappa shape index (κ3) is 3.17. The lowest BCUT2D eigenvalue weighted by Gasteiger charge is -2.13. The van der Waals surface area contributed by atoms with Crippen LogP contribution in [0.5, 0.6) is 5.75 Å². The van der Waals surface area contributed by atoms with Crippen LogP contribution < -0.4 is 15.8 Å². The van der Waals surface area contributed by atoms with Crippen molar-refractivity contribution in [3.05, 3.63) is 47.5 Å². The molecule has 0 unspecified atom stereocenters. The van der Waals surface area contributed by atoms with E-state index in [2.05, 4.69) is 10.3 Å². The van der Waals surface area contributed by atoms with E-state index in [9.17, 15) is 4.39 Å². The summed E-state index contributed by atoms with van der Waals surface area (Å²) in [6.07, 6.45) is 3.55. The Bertz CT molecular complexity index is 602. The second-order valence-corrected chi connectivity index (χ2v) is 4.46. The van der Waals surface area contributed by atoms with E-state index in [1.54, 1.807) is 18.5 Å². The number of hydrogen-bond donors (Lipinski definition) is 2. The number of pyridine rings is 1. The summed E-state index contributed by atoms with van der Waals surface area (Å²) in [6, 6.07) is 4.79. The number of hydrogen-bond acceptors (Lipinski definition) is 4. The Morgan fingerprint density at radius 3 is 2.90 bits per heavy atom. The Morgan fingerprint density at radius 1 is 1.40 bits per heavy atom. The number of nitrogens with zero attached hydrogens (tertiary/aromatic N) is 1. The summed E-state index contributed by atoms with van der Waals surface area (Å²) in [5.74, 6) is -0.250. The van der Waals surface area contributed by atoms with Gasteiger partial charge in [-0.25, -0.2) is 4.39 Å². The lowest BCUT2D eigenvalue weighted by Crippen LogP contribution is -2.06. The first kappa shape index (κ1) is 14.1. The highest BCUT2D eigenvalue weighted by molar-refractivity contribution is 5.68. The predicted molar refractivity (Wildman–Crippen MR) is 78.3 cm³/mol. The van der Waals surface area contributed by atoms with Crippen molar-refractivity contribution < 1.29 is 9.13 Å². The molecule has 0 saturated carbocycles. The number of halogens is 1. The van der Waals surface area contributed by atoms with E-state index in [-0.39, 0.29) is 5.75 Å². The Hall–Kier alpha value is -2.30. The fraction of sp³-hybridized carbons (Fsp3) is 0.267. The van der Waals surface area contributed by atoms with Gasteiger partial charge in [-0.2, -0.15) is 0 Å². The molecule has 0 bridgehead atoms. The van der Waals surface area contributed by atoms with Crippen LogP contribution in [0, 0.1) is 12.7 Å². The fourth-order valence-corrected chi connectivity index (χ4v) is 1.86. The average molecular weight is 275 g/mol. The van der Waals surface area contributed by atoms with Gasteiger partial charge >= 0.3 is 0 Å². The number of aromatic nitrogens is 1. The van der Waals surface area contributed by atoms with Crippen LogP contribution in [-0.4, -0.2) is 11.6 Å². The van der Waals surface area contributed by atoms with Crippen LogP contribution in [0.25, 0.3) is 0 Å². The highest BCUT2D eigenvalue weighted by Gasteiger charge is 2.09. The van der Waals surface area contributed by atoms with Gasteiger partial charge in [-0.1, -0.05) is 0 Å². The van der Waals surface area contributed by atoms with Crippen molar-refractivity contribution in [2.24, 2.45) is 0 Å². The molecular formula is C15H18FN3O. The molecule has 0 fully saturated rings. The van der Waals surface area contributed by atoms with Gasteiger partial charge in [-0.15, -0.1) is 0 Å². The zero-order valence-corrected chi connectivity index (χ0v) is 11.6. The third-order valence-corrected chi connectivity index (χ3v) is 3.02. The van der Waals surface area contributed by atoms with Crippen molar-refractivity contribution >= 4 is 11.4 Å². The molecule has 106 valence electrons. The third-order valence-electron chi connectivity index (χ3n) is 3.02. The van der Waals surface area contributed by atoms with E-state index in [1.807, 2.05) is 19.9 Å². The van der Waals surface area contributed by atoms with Crippen LogP contribution in [-0.2, 0) is 6.54 Å². The lowest BCUT2D eigenvalue weighted by atomic mass is 10.1. The Kier molecular flexibility index (Phi) is 4.40. The molecule has 1 aromatic heterocycles. The number of nitrogens with two attached hydrogens (primary N) is 1. The van der Waals surface area contributed by atoms with E-state index in [4.69, 9.17) is 10.5 Å². The van der Waals surface area contributed by atoms with Crippen LogP contribution in [0.3, 0.4) is 0 Å². The smallest absolute Gasteiger partial charge is 0.167 e. The van der Waals surface area contributed by atoms with Gasteiger partial charge in [0.1, 0.15) is 0 Å². The summed E-state index contributed by atoms with van der Waals surface area (Å²) in [7, 11) is 0. The predicted octanol–water partition coefficient (Wildman–Crippen LogP) is 3.12. The van der Waals surface area contributed by atoms with E-state index in [1.165, 1.54) is 6.07 Å². The summed E-state index contributed by atoms with van der Waals surface area (Å²) in [4.78, 5) is 4.09. The quantitative estimate of drug-likeness (QED) is 0.823. The molecule has 4 nitrogen and oxygen atoms in total. The Morgan fingerprint density at radius 2 is 2.20 bits per heavy atom. The van der Waals surface area contributed by atoms with E-state index >= 15 is 0 Å². The van der Waals surface area contributed by atoms with E-state index < -0.39 is 5.82 Å². The number of anilines is 2. The average Bonchev–Trinajstić information content (AvgIpc) is 2.42. The highest BCUT2D eigenvalue weighted by atomic mass is 19.1. The van der Waals surface area contributed by atoms with Crippen molar-refractivity contribution in [2.45, 2.75) is 20.4 Å². The SMILES string of the molecule is CCOc1cc(NCc2cnccc2C)c(N)cc1F. The summed E-state index contributed by atoms with van der Waals surface area (Å²) in [6.45, 7) is 4.79. The monoisotopic (exact) mass is 275 g/mol. The van der Waals surface area contributed by atoms with Crippen LogP contribution in [0.15, 0.2) is 30.6 Å². The molecular weight excluding hydrogens is 257 g/mol. The molecule has 0 aliphatic rings. The van der Waals surface area contributed by atoms with E-state index in [0.717, 1.165) is 11.1 Å². The Labute approximate surface area is 117 Å². The summed E-state index contributed by atoms with van der Waals surface area (Å²) >= 11 is 0. The van der Waals surface area contributed by atoms with Gasteiger partial charge in [-0.3, -0.25) is 4.98 Å². The zero-order chi connectivity index (χ0) is 14.5. The van der Waals surface area contributed by atoms with Crippen molar-refractivity contribution in [3.63, 3.8) is 0 Å². The van der Waals surface area contributed by atoms with Crippen LogP contribution >= 0.6 is 0 Å². The molecule has 0 aliphatic carbocycles. The van der Waals surface area contributed by atoms with Crippen LogP contribution in [0.4, 0.5) is 15.8 Å². The maximum absolute atomic E-state index is 13.6. The second-order valence-electron chi connectivity index (χ2n) is 4.46.